The van der Waals surface area contributed by atoms with Crippen LogP contribution in [0.4, 0.5) is 0 Å². The Balaban J connectivity index is 2.75. The Bertz CT molecular complexity index is 50.5. The van der Waals surface area contributed by atoms with Crippen molar-refractivity contribution in [3.8, 4) is 0 Å². The standard InChI is InChI=1S/2C4H9.Al.H/c1-4(2)3;1-3-4-2;;/h4H,1H2,2-3H3;1,3-4H2,2H3;;. The van der Waals surface area contributed by atoms with Gasteiger partial charge in [-0.15, -0.1) is 0 Å². The van der Waals surface area contributed by atoms with Crippen molar-refractivity contribution in [2.75, 3.05) is 0 Å². The summed E-state index contributed by atoms with van der Waals surface area (Å²) in [5.74, 6) is 0.966. The van der Waals surface area contributed by atoms with E-state index >= 15 is 0 Å². The summed E-state index contributed by atoms with van der Waals surface area (Å²) in [5, 5.41) is 3.13. The Morgan fingerprint density at radius 2 is 2.00 bits per heavy atom. The summed E-state index contributed by atoms with van der Waals surface area (Å²) in [6.07, 6.45) is 2.88. The predicted molar refractivity (Wildman–Crippen MR) is 46.5 cm³/mol. The molecule has 0 aliphatic heterocycles. The third-order valence-corrected chi connectivity index (χ3v) is 4.20. The summed E-state index contributed by atoms with van der Waals surface area (Å²) in [5.41, 5.74) is 0. The molecule has 0 amide bonds. The Hall–Kier alpha value is 0.532. The maximum atomic E-state index is 2.33. The monoisotopic (exact) mass is 142 g/mol. The van der Waals surface area contributed by atoms with Crippen LogP contribution in [0.3, 0.4) is 0 Å². The van der Waals surface area contributed by atoms with Crippen molar-refractivity contribution in [1.29, 1.82) is 0 Å². The molecule has 0 bridgehead atoms. The van der Waals surface area contributed by atoms with Gasteiger partial charge in [-0.05, 0) is 0 Å². The maximum Gasteiger partial charge on any atom is 0.237 e. The minimum Gasteiger partial charge on any atom is -0.0972 e. The van der Waals surface area contributed by atoms with Gasteiger partial charge in [-0.1, -0.05) is 50.1 Å². The molecule has 0 unspecified atom stereocenters. The molecule has 0 saturated heterocycles. The van der Waals surface area contributed by atoms with Gasteiger partial charge in [0.05, 0.1) is 0 Å². The van der Waals surface area contributed by atoms with E-state index in [9.17, 15) is 0 Å². The number of hydrogen-bond acceptors (Lipinski definition) is 0. The molecule has 0 aliphatic carbocycles. The molecule has 0 aromatic carbocycles. The number of rotatable bonds is 5. The van der Waals surface area contributed by atoms with Gasteiger partial charge in [0.2, 0.25) is 15.2 Å². The maximum absolute atomic E-state index is 2.33. The van der Waals surface area contributed by atoms with Crippen LogP contribution in [-0.4, -0.2) is 15.2 Å². The quantitative estimate of drug-likeness (QED) is 0.409. The highest BCUT2D eigenvalue weighted by atomic mass is 27.1. The summed E-state index contributed by atoms with van der Waals surface area (Å²) < 4.78 is 0. The zero-order valence-corrected chi connectivity index (χ0v) is 8.53. The minimum atomic E-state index is 0.353. The third kappa shape index (κ3) is 8.53. The molecule has 0 heterocycles. The van der Waals surface area contributed by atoms with Gasteiger partial charge in [0.25, 0.3) is 0 Å². The normalized spacial score (nSPS) is 10.2. The van der Waals surface area contributed by atoms with Crippen molar-refractivity contribution >= 4 is 15.2 Å². The fraction of sp³-hybridized carbons (Fsp3) is 1.00. The lowest BCUT2D eigenvalue weighted by Crippen LogP contribution is -1.94. The molecule has 0 aliphatic rings. The lowest BCUT2D eigenvalue weighted by Gasteiger charge is -1.99. The van der Waals surface area contributed by atoms with E-state index in [0.29, 0.717) is 15.2 Å². The first-order chi connectivity index (χ1) is 4.27. The van der Waals surface area contributed by atoms with Crippen LogP contribution in [0.5, 0.6) is 0 Å². The lowest BCUT2D eigenvalue weighted by atomic mass is 10.3. The summed E-state index contributed by atoms with van der Waals surface area (Å²) in [6.45, 7) is 6.95. The fourth-order valence-electron chi connectivity index (χ4n) is 0.979. The summed E-state index contributed by atoms with van der Waals surface area (Å²) in [7, 11) is 0. The highest BCUT2D eigenvalue weighted by Gasteiger charge is 1.95. The first kappa shape index (κ1) is 9.53. The summed E-state index contributed by atoms with van der Waals surface area (Å²) in [6, 6.07) is 0. The summed E-state index contributed by atoms with van der Waals surface area (Å²) in [4.78, 5) is 0. The Morgan fingerprint density at radius 1 is 1.33 bits per heavy atom. The van der Waals surface area contributed by atoms with E-state index < -0.39 is 0 Å². The third-order valence-electron chi connectivity index (χ3n) is 1.64. The van der Waals surface area contributed by atoms with E-state index in [4.69, 9.17) is 0 Å². The highest BCUT2D eigenvalue weighted by molar-refractivity contribution is 6.35. The van der Waals surface area contributed by atoms with Crippen molar-refractivity contribution in [2.24, 2.45) is 5.92 Å². The van der Waals surface area contributed by atoms with Gasteiger partial charge in [-0.3, -0.25) is 0 Å². The molecule has 0 saturated carbocycles. The van der Waals surface area contributed by atoms with Crippen LogP contribution in [0.1, 0.15) is 33.6 Å². The van der Waals surface area contributed by atoms with Crippen LogP contribution in [0.15, 0.2) is 0 Å². The first-order valence-electron chi connectivity index (χ1n) is 4.27. The zero-order valence-electron chi connectivity index (χ0n) is 7.11. The van der Waals surface area contributed by atoms with E-state index in [1.54, 1.807) is 10.6 Å². The molecule has 0 nitrogen and oxygen atoms in total. The zero-order chi connectivity index (χ0) is 7.11. The molecule has 54 valence electrons. The van der Waals surface area contributed by atoms with Gasteiger partial charge in [0.15, 0.2) is 0 Å². The van der Waals surface area contributed by atoms with Crippen molar-refractivity contribution in [1.82, 2.24) is 0 Å². The van der Waals surface area contributed by atoms with Crippen LogP contribution in [0, 0.1) is 5.92 Å². The predicted octanol–water partition coefficient (Wildman–Crippen LogP) is 2.72. The molecule has 0 aromatic rings. The second kappa shape index (κ2) is 6.65. The molecule has 0 rings (SSSR count). The topological polar surface area (TPSA) is 0 Å². The molecule has 0 atom stereocenters. The van der Waals surface area contributed by atoms with E-state index in [0.717, 1.165) is 5.92 Å². The largest absolute Gasteiger partial charge is 0.237 e. The Kier molecular flexibility index (Phi) is 7.04. The van der Waals surface area contributed by atoms with Crippen LogP contribution in [-0.2, 0) is 0 Å². The van der Waals surface area contributed by atoms with Gasteiger partial charge in [0.1, 0.15) is 0 Å². The van der Waals surface area contributed by atoms with E-state index in [1.807, 2.05) is 0 Å². The molecule has 0 spiro atoms. The van der Waals surface area contributed by atoms with Gasteiger partial charge in [0, 0.05) is 0 Å². The average molecular weight is 142 g/mol. The molecule has 0 fully saturated rings. The first-order valence-corrected chi connectivity index (χ1v) is 6.27. The van der Waals surface area contributed by atoms with Crippen molar-refractivity contribution in [2.45, 2.75) is 44.2 Å². The van der Waals surface area contributed by atoms with Crippen LogP contribution >= 0.6 is 0 Å². The smallest absolute Gasteiger partial charge is 0.0972 e. The second-order valence-corrected chi connectivity index (χ2v) is 5.23. The van der Waals surface area contributed by atoms with E-state index in [1.165, 1.54) is 12.8 Å². The van der Waals surface area contributed by atoms with E-state index in [-0.39, 0.29) is 0 Å². The minimum absolute atomic E-state index is 0.353. The Labute approximate surface area is 65.7 Å². The fourth-order valence-corrected chi connectivity index (χ4v) is 2.94. The molecule has 0 N–H and O–H groups in total. The molecule has 0 aromatic heterocycles. The number of unbranched alkanes of at least 4 members (excludes halogenated alkanes) is 1. The Morgan fingerprint density at radius 3 is 2.44 bits per heavy atom. The molecule has 1 heteroatoms. The number of hydrogen-bond donors (Lipinski definition) is 0. The van der Waals surface area contributed by atoms with Crippen LogP contribution in [0.25, 0.3) is 0 Å². The van der Waals surface area contributed by atoms with Crippen molar-refractivity contribution in [3.63, 3.8) is 0 Å². The molecule has 9 heavy (non-hydrogen) atoms. The SMILES string of the molecule is CCC[CH2][AlH][CH2]C(C)C. The lowest BCUT2D eigenvalue weighted by molar-refractivity contribution is 0.726. The highest BCUT2D eigenvalue weighted by Crippen LogP contribution is 2.03. The van der Waals surface area contributed by atoms with E-state index in [2.05, 4.69) is 20.8 Å². The molecular formula is C8H19Al. The van der Waals surface area contributed by atoms with Crippen molar-refractivity contribution in [3.05, 3.63) is 0 Å². The molecule has 0 radical (unpaired) electrons. The van der Waals surface area contributed by atoms with Gasteiger partial charge >= 0.3 is 0 Å². The second-order valence-electron chi connectivity index (χ2n) is 3.24. The van der Waals surface area contributed by atoms with Crippen LogP contribution < -0.4 is 0 Å². The summed E-state index contributed by atoms with van der Waals surface area (Å²) >= 11 is 0.353. The van der Waals surface area contributed by atoms with Gasteiger partial charge < -0.3 is 0 Å². The molecular weight excluding hydrogens is 123 g/mol. The van der Waals surface area contributed by atoms with Gasteiger partial charge in [-0.2, -0.15) is 0 Å². The average Bonchev–Trinajstić information content (AvgIpc) is 1.80. The van der Waals surface area contributed by atoms with Crippen LogP contribution in [0.2, 0.25) is 10.6 Å². The van der Waals surface area contributed by atoms with Gasteiger partial charge in [-0.25, -0.2) is 0 Å². The van der Waals surface area contributed by atoms with Crippen molar-refractivity contribution < 1.29 is 0 Å².